The van der Waals surface area contributed by atoms with Crippen molar-refractivity contribution in [2.75, 3.05) is 19.6 Å². The average molecular weight is 316 g/mol. The second-order valence-corrected chi connectivity index (χ2v) is 9.48. The van der Waals surface area contributed by atoms with E-state index in [1.54, 1.807) is 10.4 Å². The van der Waals surface area contributed by atoms with Gasteiger partial charge in [-0.3, -0.25) is 0 Å². The molecular formula is C14H24N2O2S2. The minimum atomic E-state index is -3.30. The highest BCUT2D eigenvalue weighted by atomic mass is 32.2. The minimum absolute atomic E-state index is 0.0931. The molecule has 0 aromatic carbocycles. The number of rotatable bonds is 6. The van der Waals surface area contributed by atoms with E-state index < -0.39 is 10.0 Å². The van der Waals surface area contributed by atoms with Gasteiger partial charge in [0.15, 0.2) is 0 Å². The zero-order chi connectivity index (χ0) is 14.8. The molecule has 0 aliphatic carbocycles. The maximum atomic E-state index is 12.6. The molecule has 1 N–H and O–H groups in total. The lowest BCUT2D eigenvalue weighted by atomic mass is 9.93. The molecule has 2 heterocycles. The lowest BCUT2D eigenvalue weighted by molar-refractivity contribution is 0.376. The van der Waals surface area contributed by atoms with Crippen LogP contribution >= 0.6 is 11.3 Å². The lowest BCUT2D eigenvalue weighted by Crippen LogP contribution is -2.29. The van der Waals surface area contributed by atoms with Gasteiger partial charge in [0.25, 0.3) is 10.0 Å². The molecule has 0 spiro atoms. The van der Waals surface area contributed by atoms with Crippen LogP contribution in [-0.4, -0.2) is 32.4 Å². The van der Waals surface area contributed by atoms with Crippen LogP contribution in [-0.2, 0) is 16.6 Å². The molecule has 1 aromatic rings. The Morgan fingerprint density at radius 3 is 2.75 bits per heavy atom. The van der Waals surface area contributed by atoms with Crippen LogP contribution in [0.2, 0.25) is 0 Å². The molecule has 1 aliphatic heterocycles. The number of nitrogens with one attached hydrogen (secondary N) is 1. The van der Waals surface area contributed by atoms with Crippen LogP contribution in [0.3, 0.4) is 0 Å². The Balaban J connectivity index is 2.07. The molecule has 1 aromatic heterocycles. The molecule has 0 atom stereocenters. The first-order valence-electron chi connectivity index (χ1n) is 7.15. The summed E-state index contributed by atoms with van der Waals surface area (Å²) in [5.74, 6) is 0. The van der Waals surface area contributed by atoms with Crippen molar-refractivity contribution in [2.45, 2.75) is 44.4 Å². The zero-order valence-corrected chi connectivity index (χ0v) is 14.1. The highest BCUT2D eigenvalue weighted by Gasteiger charge is 2.37. The summed E-state index contributed by atoms with van der Waals surface area (Å²) >= 11 is 1.39. The van der Waals surface area contributed by atoms with Crippen LogP contribution in [0.1, 0.15) is 38.5 Å². The van der Waals surface area contributed by atoms with Gasteiger partial charge in [0, 0.05) is 24.5 Å². The molecule has 0 radical (unpaired) electrons. The Morgan fingerprint density at radius 2 is 2.15 bits per heavy atom. The average Bonchev–Trinajstić information content (AvgIpc) is 2.97. The third kappa shape index (κ3) is 3.61. The summed E-state index contributed by atoms with van der Waals surface area (Å²) in [6, 6.07) is 3.66. The monoisotopic (exact) mass is 316 g/mol. The number of thiophene rings is 1. The predicted octanol–water partition coefficient (Wildman–Crippen LogP) is 2.67. The summed E-state index contributed by atoms with van der Waals surface area (Å²) < 4.78 is 27.3. The SMILES string of the molecule is CCCNCc1ccc(S(=O)(=O)N2CCC(C)(C)C2)s1. The van der Waals surface area contributed by atoms with Crippen molar-refractivity contribution in [3.05, 3.63) is 17.0 Å². The van der Waals surface area contributed by atoms with Crippen LogP contribution in [0.25, 0.3) is 0 Å². The van der Waals surface area contributed by atoms with E-state index in [9.17, 15) is 8.42 Å². The molecular weight excluding hydrogens is 292 g/mol. The second-order valence-electron chi connectivity index (χ2n) is 6.15. The number of nitrogens with zero attached hydrogens (tertiary/aromatic N) is 1. The molecule has 1 aliphatic rings. The number of hydrogen-bond donors (Lipinski definition) is 1. The fourth-order valence-corrected chi connectivity index (χ4v) is 5.48. The van der Waals surface area contributed by atoms with E-state index in [4.69, 9.17) is 0 Å². The van der Waals surface area contributed by atoms with E-state index in [-0.39, 0.29) is 5.41 Å². The van der Waals surface area contributed by atoms with E-state index in [1.807, 2.05) is 6.07 Å². The third-order valence-electron chi connectivity index (χ3n) is 3.60. The maximum Gasteiger partial charge on any atom is 0.252 e. The van der Waals surface area contributed by atoms with Gasteiger partial charge in [0.1, 0.15) is 4.21 Å². The molecule has 2 rings (SSSR count). The number of hydrogen-bond acceptors (Lipinski definition) is 4. The first kappa shape index (κ1) is 15.9. The number of sulfonamides is 1. The normalized spacial score (nSPS) is 19.6. The molecule has 0 bridgehead atoms. The van der Waals surface area contributed by atoms with Crippen molar-refractivity contribution >= 4 is 21.4 Å². The van der Waals surface area contributed by atoms with Gasteiger partial charge < -0.3 is 5.32 Å². The van der Waals surface area contributed by atoms with Gasteiger partial charge >= 0.3 is 0 Å². The molecule has 6 heteroatoms. The standard InChI is InChI=1S/C14H24N2O2S2/c1-4-8-15-10-12-5-6-13(19-12)20(17,18)16-9-7-14(2,3)11-16/h5-6,15H,4,7-11H2,1-3H3. The predicted molar refractivity (Wildman–Crippen MR) is 83.5 cm³/mol. The van der Waals surface area contributed by atoms with E-state index in [1.165, 1.54) is 11.3 Å². The Labute approximate surface area is 126 Å². The smallest absolute Gasteiger partial charge is 0.252 e. The van der Waals surface area contributed by atoms with Gasteiger partial charge in [0.05, 0.1) is 0 Å². The van der Waals surface area contributed by atoms with Crippen LogP contribution in [0, 0.1) is 5.41 Å². The fraction of sp³-hybridized carbons (Fsp3) is 0.714. The van der Waals surface area contributed by atoms with Gasteiger partial charge in [-0.15, -0.1) is 11.3 Å². The van der Waals surface area contributed by atoms with Crippen molar-refractivity contribution in [2.24, 2.45) is 5.41 Å². The van der Waals surface area contributed by atoms with Crippen molar-refractivity contribution in [3.63, 3.8) is 0 Å². The summed E-state index contributed by atoms with van der Waals surface area (Å²) in [7, 11) is -3.30. The van der Waals surface area contributed by atoms with Gasteiger partial charge in [-0.1, -0.05) is 20.8 Å². The first-order valence-corrected chi connectivity index (χ1v) is 9.40. The van der Waals surface area contributed by atoms with Crippen molar-refractivity contribution in [1.82, 2.24) is 9.62 Å². The molecule has 114 valence electrons. The van der Waals surface area contributed by atoms with Gasteiger partial charge in [0.2, 0.25) is 0 Å². The van der Waals surface area contributed by atoms with E-state index in [2.05, 4.69) is 26.1 Å². The summed E-state index contributed by atoms with van der Waals surface area (Å²) in [4.78, 5) is 1.08. The zero-order valence-electron chi connectivity index (χ0n) is 12.5. The van der Waals surface area contributed by atoms with Crippen molar-refractivity contribution in [3.8, 4) is 0 Å². The molecule has 0 unspecified atom stereocenters. The fourth-order valence-electron chi connectivity index (χ4n) is 2.38. The summed E-state index contributed by atoms with van der Waals surface area (Å²) in [6.45, 7) is 9.33. The van der Waals surface area contributed by atoms with Gasteiger partial charge in [-0.05, 0) is 36.9 Å². The third-order valence-corrected chi connectivity index (χ3v) is 7.00. The van der Waals surface area contributed by atoms with E-state index in [0.717, 1.165) is 30.8 Å². The first-order chi connectivity index (χ1) is 9.35. The summed E-state index contributed by atoms with van der Waals surface area (Å²) in [6.07, 6.45) is 2.02. The van der Waals surface area contributed by atoms with Crippen LogP contribution in [0.5, 0.6) is 0 Å². The molecule has 1 fully saturated rings. The Kier molecular flexibility index (Phi) is 4.89. The highest BCUT2D eigenvalue weighted by Crippen LogP contribution is 2.34. The summed E-state index contributed by atoms with van der Waals surface area (Å²) in [5.41, 5.74) is 0.0931. The van der Waals surface area contributed by atoms with Crippen molar-refractivity contribution in [1.29, 1.82) is 0 Å². The topological polar surface area (TPSA) is 49.4 Å². The lowest BCUT2D eigenvalue weighted by Gasteiger charge is -2.18. The van der Waals surface area contributed by atoms with Crippen molar-refractivity contribution < 1.29 is 8.42 Å². The van der Waals surface area contributed by atoms with Gasteiger partial charge in [-0.2, -0.15) is 4.31 Å². The molecule has 4 nitrogen and oxygen atoms in total. The molecule has 0 amide bonds. The molecule has 20 heavy (non-hydrogen) atoms. The molecule has 0 saturated carbocycles. The second kappa shape index (κ2) is 6.13. The largest absolute Gasteiger partial charge is 0.312 e. The van der Waals surface area contributed by atoms with Gasteiger partial charge in [-0.25, -0.2) is 8.42 Å². The Bertz CT molecular complexity index is 549. The van der Waals surface area contributed by atoms with E-state index >= 15 is 0 Å². The maximum absolute atomic E-state index is 12.6. The Morgan fingerprint density at radius 1 is 1.40 bits per heavy atom. The molecule has 1 saturated heterocycles. The van der Waals surface area contributed by atoms with Crippen LogP contribution in [0.15, 0.2) is 16.3 Å². The minimum Gasteiger partial charge on any atom is -0.312 e. The van der Waals surface area contributed by atoms with Crippen LogP contribution in [0.4, 0.5) is 0 Å². The highest BCUT2D eigenvalue weighted by molar-refractivity contribution is 7.91. The summed E-state index contributed by atoms with van der Waals surface area (Å²) in [5, 5.41) is 3.30. The van der Waals surface area contributed by atoms with Crippen LogP contribution < -0.4 is 5.32 Å². The quantitative estimate of drug-likeness (QED) is 0.821. The Hall–Kier alpha value is -0.430. The van der Waals surface area contributed by atoms with E-state index in [0.29, 0.717) is 17.3 Å².